The van der Waals surface area contributed by atoms with E-state index in [9.17, 15) is 4.79 Å². The topological polar surface area (TPSA) is 50.8 Å². The van der Waals surface area contributed by atoms with Crippen LogP contribution in [0.25, 0.3) is 0 Å². The average molecular weight is 318 g/mol. The summed E-state index contributed by atoms with van der Waals surface area (Å²) in [6, 6.07) is 9.99. The van der Waals surface area contributed by atoms with Crippen molar-refractivity contribution in [1.82, 2.24) is 10.2 Å². The second-order valence-corrected chi connectivity index (χ2v) is 6.52. The number of hydrogen-bond acceptors (Lipinski definition) is 3. The summed E-state index contributed by atoms with van der Waals surface area (Å²) < 4.78 is 11.5. The van der Waals surface area contributed by atoms with Crippen molar-refractivity contribution in [2.45, 2.75) is 31.4 Å². The molecule has 5 heteroatoms. The molecule has 0 aromatic heterocycles. The van der Waals surface area contributed by atoms with Gasteiger partial charge in [0.25, 0.3) is 0 Å². The summed E-state index contributed by atoms with van der Waals surface area (Å²) >= 11 is 0. The molecule has 1 aliphatic carbocycles. The maximum atomic E-state index is 12.5. The molecule has 1 aromatic carbocycles. The fourth-order valence-electron chi connectivity index (χ4n) is 3.81. The number of morpholine rings is 1. The molecule has 5 nitrogen and oxygen atoms in total. The highest BCUT2D eigenvalue weighted by Crippen LogP contribution is 2.41. The molecule has 2 aliphatic rings. The van der Waals surface area contributed by atoms with Crippen LogP contribution in [0.4, 0.5) is 4.79 Å². The van der Waals surface area contributed by atoms with E-state index in [-0.39, 0.29) is 11.6 Å². The van der Waals surface area contributed by atoms with Gasteiger partial charge >= 0.3 is 6.03 Å². The zero-order chi connectivity index (χ0) is 16.1. The normalized spacial score (nSPS) is 27.3. The second-order valence-electron chi connectivity index (χ2n) is 6.52. The van der Waals surface area contributed by atoms with E-state index in [1.807, 2.05) is 35.2 Å². The lowest BCUT2D eigenvalue weighted by molar-refractivity contribution is -0.129. The van der Waals surface area contributed by atoms with Gasteiger partial charge in [-0.2, -0.15) is 0 Å². The van der Waals surface area contributed by atoms with Crippen molar-refractivity contribution in [1.29, 1.82) is 0 Å². The Morgan fingerprint density at radius 1 is 1.43 bits per heavy atom. The third kappa shape index (κ3) is 3.67. The number of nitrogens with zero attached hydrogens (tertiary/aromatic N) is 1. The number of carbonyl (C=O) groups excluding carboxylic acids is 1. The van der Waals surface area contributed by atoms with Gasteiger partial charge in [-0.15, -0.1) is 0 Å². The molecule has 1 saturated heterocycles. The Kier molecular flexibility index (Phi) is 5.18. The molecule has 2 atom stereocenters. The predicted molar refractivity (Wildman–Crippen MR) is 88.2 cm³/mol. The summed E-state index contributed by atoms with van der Waals surface area (Å²) in [4.78, 5) is 14.4. The van der Waals surface area contributed by atoms with Crippen LogP contribution < -0.4 is 5.32 Å². The third-order valence-electron chi connectivity index (χ3n) is 5.05. The molecule has 0 radical (unpaired) electrons. The summed E-state index contributed by atoms with van der Waals surface area (Å²) in [6.45, 7) is 3.20. The number of carbonyl (C=O) groups is 1. The molecule has 0 bridgehead atoms. The second kappa shape index (κ2) is 7.32. The summed E-state index contributed by atoms with van der Waals surface area (Å²) in [5, 5.41) is 3.02. The maximum absolute atomic E-state index is 12.5. The molecule has 126 valence electrons. The molecule has 1 aliphatic heterocycles. The summed E-state index contributed by atoms with van der Waals surface area (Å²) in [5.41, 5.74) is 0.903. The molecule has 0 unspecified atom stereocenters. The minimum Gasteiger partial charge on any atom is -0.384 e. The number of ether oxygens (including phenoxy) is 2. The molecule has 1 saturated carbocycles. The Morgan fingerprint density at radius 3 is 3.04 bits per heavy atom. The van der Waals surface area contributed by atoms with E-state index in [0.29, 0.717) is 38.8 Å². The van der Waals surface area contributed by atoms with Gasteiger partial charge in [0, 0.05) is 26.1 Å². The zero-order valence-electron chi connectivity index (χ0n) is 13.8. The molecule has 2 amide bonds. The Balaban J connectivity index is 1.58. The highest BCUT2D eigenvalue weighted by atomic mass is 16.5. The van der Waals surface area contributed by atoms with Crippen molar-refractivity contribution >= 4 is 6.03 Å². The van der Waals surface area contributed by atoms with E-state index in [2.05, 4.69) is 5.32 Å². The van der Waals surface area contributed by atoms with Crippen molar-refractivity contribution in [3.63, 3.8) is 0 Å². The highest BCUT2D eigenvalue weighted by Gasteiger charge is 2.47. The lowest BCUT2D eigenvalue weighted by Crippen LogP contribution is -2.57. The number of methoxy groups -OCH3 is 1. The minimum atomic E-state index is -0.210. The van der Waals surface area contributed by atoms with Crippen molar-refractivity contribution in [2.24, 2.45) is 5.92 Å². The first kappa shape index (κ1) is 16.3. The van der Waals surface area contributed by atoms with Gasteiger partial charge in [-0.3, -0.25) is 0 Å². The maximum Gasteiger partial charge on any atom is 0.317 e. The van der Waals surface area contributed by atoms with E-state index < -0.39 is 0 Å². The van der Waals surface area contributed by atoms with Crippen LogP contribution in [0.1, 0.15) is 24.8 Å². The fraction of sp³-hybridized carbons (Fsp3) is 0.611. The standard InChI is InChI=1S/C18H26N2O3/c1-22-13-16-8-5-9-18(16)14-20(10-11-23-18)17(21)19-12-15-6-3-2-4-7-15/h2-4,6-7,16H,5,8-14H2,1H3,(H,19,21)/t16-,18+/m0/s1. The molecular formula is C18H26N2O3. The SMILES string of the molecule is COC[C@@H]1CCC[C@@]12CN(C(=O)NCc1ccccc1)CCO2. The monoisotopic (exact) mass is 318 g/mol. The van der Waals surface area contributed by atoms with Gasteiger partial charge in [-0.1, -0.05) is 36.8 Å². The highest BCUT2D eigenvalue weighted by molar-refractivity contribution is 5.74. The first-order valence-electron chi connectivity index (χ1n) is 8.43. The number of rotatable bonds is 4. The Labute approximate surface area is 137 Å². The Bertz CT molecular complexity index is 522. The molecule has 1 aromatic rings. The Morgan fingerprint density at radius 2 is 2.26 bits per heavy atom. The van der Waals surface area contributed by atoms with Crippen LogP contribution in [0.5, 0.6) is 0 Å². The predicted octanol–water partition coefficient (Wildman–Crippen LogP) is 2.41. The van der Waals surface area contributed by atoms with Gasteiger partial charge in [0.05, 0.1) is 25.4 Å². The first-order valence-corrected chi connectivity index (χ1v) is 8.43. The third-order valence-corrected chi connectivity index (χ3v) is 5.05. The average Bonchev–Trinajstić information content (AvgIpc) is 2.96. The van der Waals surface area contributed by atoms with E-state index in [1.54, 1.807) is 7.11 Å². The number of hydrogen-bond donors (Lipinski definition) is 1. The molecule has 3 rings (SSSR count). The molecule has 1 spiro atoms. The van der Waals surface area contributed by atoms with Gasteiger partial charge in [-0.25, -0.2) is 4.79 Å². The van der Waals surface area contributed by atoms with Gasteiger partial charge < -0.3 is 19.7 Å². The van der Waals surface area contributed by atoms with Crippen LogP contribution in [0.3, 0.4) is 0 Å². The number of benzene rings is 1. The Hall–Kier alpha value is -1.59. The van der Waals surface area contributed by atoms with E-state index in [4.69, 9.17) is 9.47 Å². The van der Waals surface area contributed by atoms with Crippen LogP contribution in [0, 0.1) is 5.92 Å². The van der Waals surface area contributed by atoms with Gasteiger partial charge in [-0.05, 0) is 18.4 Å². The zero-order valence-corrected chi connectivity index (χ0v) is 13.8. The van der Waals surface area contributed by atoms with Crippen molar-refractivity contribution in [3.8, 4) is 0 Å². The first-order chi connectivity index (χ1) is 11.2. The molecule has 1 heterocycles. The van der Waals surface area contributed by atoms with Crippen LogP contribution >= 0.6 is 0 Å². The summed E-state index contributed by atoms with van der Waals surface area (Å²) in [5.74, 6) is 0.386. The van der Waals surface area contributed by atoms with Crippen LogP contribution in [-0.2, 0) is 16.0 Å². The largest absolute Gasteiger partial charge is 0.384 e. The van der Waals surface area contributed by atoms with Gasteiger partial charge in [0.2, 0.25) is 0 Å². The molecule has 2 fully saturated rings. The van der Waals surface area contributed by atoms with Crippen LogP contribution in [0.2, 0.25) is 0 Å². The van der Waals surface area contributed by atoms with Gasteiger partial charge in [0.1, 0.15) is 0 Å². The lowest BCUT2D eigenvalue weighted by atomic mass is 9.89. The number of amides is 2. The van der Waals surface area contributed by atoms with Crippen molar-refractivity contribution in [2.75, 3.05) is 33.4 Å². The smallest absolute Gasteiger partial charge is 0.317 e. The van der Waals surface area contributed by atoms with Gasteiger partial charge in [0.15, 0.2) is 0 Å². The van der Waals surface area contributed by atoms with Crippen LogP contribution in [-0.4, -0.2) is 49.9 Å². The summed E-state index contributed by atoms with van der Waals surface area (Å²) in [7, 11) is 1.74. The quantitative estimate of drug-likeness (QED) is 0.927. The van der Waals surface area contributed by atoms with Crippen molar-refractivity contribution in [3.05, 3.63) is 35.9 Å². The minimum absolute atomic E-state index is 0.000375. The fourth-order valence-corrected chi connectivity index (χ4v) is 3.81. The van der Waals surface area contributed by atoms with Crippen LogP contribution in [0.15, 0.2) is 30.3 Å². The number of nitrogens with one attached hydrogen (secondary N) is 1. The number of urea groups is 1. The van der Waals surface area contributed by atoms with E-state index in [0.717, 1.165) is 24.8 Å². The summed E-state index contributed by atoms with van der Waals surface area (Å²) in [6.07, 6.45) is 3.28. The van der Waals surface area contributed by atoms with Crippen molar-refractivity contribution < 1.29 is 14.3 Å². The molecule has 1 N–H and O–H groups in total. The van der Waals surface area contributed by atoms with E-state index in [1.165, 1.54) is 0 Å². The molecule has 23 heavy (non-hydrogen) atoms. The lowest BCUT2D eigenvalue weighted by Gasteiger charge is -2.43. The van der Waals surface area contributed by atoms with E-state index >= 15 is 0 Å². The molecular weight excluding hydrogens is 292 g/mol.